The number of nitrogens with one attached hydrogen (secondary N) is 1. The third-order valence-corrected chi connectivity index (χ3v) is 3.77. The van der Waals surface area contributed by atoms with Crippen LogP contribution in [-0.2, 0) is 16.1 Å². The summed E-state index contributed by atoms with van der Waals surface area (Å²) in [5.74, 6) is 0.214. The van der Waals surface area contributed by atoms with E-state index in [9.17, 15) is 4.79 Å². The molecule has 1 aliphatic heterocycles. The average molecular weight is 277 g/mol. The molecule has 2 atom stereocenters. The van der Waals surface area contributed by atoms with Crippen LogP contribution in [-0.4, -0.2) is 42.6 Å². The van der Waals surface area contributed by atoms with Gasteiger partial charge < -0.3 is 10.1 Å². The summed E-state index contributed by atoms with van der Waals surface area (Å²) in [6, 6.07) is 4.04. The molecule has 110 valence electrons. The smallest absolute Gasteiger partial charge is 0.310 e. The number of likely N-dealkylation sites (tertiary alicyclic amines) is 1. The molecule has 1 aromatic rings. The van der Waals surface area contributed by atoms with Crippen molar-refractivity contribution in [3.05, 3.63) is 24.0 Å². The minimum atomic E-state index is -0.102. The lowest BCUT2D eigenvalue weighted by Crippen LogP contribution is -2.24. The Balaban J connectivity index is 1.97. The summed E-state index contributed by atoms with van der Waals surface area (Å²) in [5, 5.41) is 3.29. The molecule has 2 unspecified atom stereocenters. The second kappa shape index (κ2) is 6.70. The largest absolute Gasteiger partial charge is 0.469 e. The molecule has 1 saturated heterocycles. The number of carbonyl (C=O) groups is 1. The summed E-state index contributed by atoms with van der Waals surface area (Å²) in [5.41, 5.74) is 2.12. The fraction of sp³-hybridized carbons (Fsp3) is 0.600. The standard InChI is InChI=1S/C15H23N3O2/c1-4-16-12-5-6-17-13(7-12)9-18-8-11(2)14(10-18)15(19)20-3/h5-7,11,14H,4,8-10H2,1-3H3,(H,16,17). The maximum atomic E-state index is 11.7. The van der Waals surface area contributed by atoms with E-state index in [4.69, 9.17) is 4.74 Å². The lowest BCUT2D eigenvalue weighted by molar-refractivity contribution is -0.146. The monoisotopic (exact) mass is 277 g/mol. The predicted octanol–water partition coefficient (Wildman–Crippen LogP) is 1.75. The van der Waals surface area contributed by atoms with E-state index in [1.807, 2.05) is 12.3 Å². The average Bonchev–Trinajstić information content (AvgIpc) is 2.79. The van der Waals surface area contributed by atoms with Gasteiger partial charge in [0.15, 0.2) is 0 Å². The molecule has 1 N–H and O–H groups in total. The Hall–Kier alpha value is -1.62. The maximum Gasteiger partial charge on any atom is 0.310 e. The Morgan fingerprint density at radius 2 is 2.35 bits per heavy atom. The van der Waals surface area contributed by atoms with Crippen molar-refractivity contribution in [1.29, 1.82) is 0 Å². The van der Waals surface area contributed by atoms with E-state index >= 15 is 0 Å². The number of hydrogen-bond acceptors (Lipinski definition) is 5. The van der Waals surface area contributed by atoms with Crippen molar-refractivity contribution in [1.82, 2.24) is 9.88 Å². The maximum absolute atomic E-state index is 11.7. The number of anilines is 1. The van der Waals surface area contributed by atoms with Gasteiger partial charge in [0.1, 0.15) is 0 Å². The number of pyridine rings is 1. The van der Waals surface area contributed by atoms with Gasteiger partial charge >= 0.3 is 5.97 Å². The van der Waals surface area contributed by atoms with Crippen molar-refractivity contribution in [2.24, 2.45) is 11.8 Å². The molecule has 0 aromatic carbocycles. The molecule has 20 heavy (non-hydrogen) atoms. The van der Waals surface area contributed by atoms with E-state index in [0.717, 1.165) is 37.6 Å². The third kappa shape index (κ3) is 3.48. The number of carbonyl (C=O) groups excluding carboxylic acids is 1. The second-order valence-corrected chi connectivity index (χ2v) is 5.37. The highest BCUT2D eigenvalue weighted by Crippen LogP contribution is 2.25. The molecule has 2 heterocycles. The topological polar surface area (TPSA) is 54.5 Å². The quantitative estimate of drug-likeness (QED) is 0.831. The van der Waals surface area contributed by atoms with E-state index in [-0.39, 0.29) is 11.9 Å². The van der Waals surface area contributed by atoms with Crippen molar-refractivity contribution in [2.45, 2.75) is 20.4 Å². The molecular formula is C15H23N3O2. The van der Waals surface area contributed by atoms with E-state index in [1.54, 1.807) is 0 Å². The highest BCUT2D eigenvalue weighted by atomic mass is 16.5. The minimum Gasteiger partial charge on any atom is -0.469 e. The number of hydrogen-bond donors (Lipinski definition) is 1. The van der Waals surface area contributed by atoms with Crippen LogP contribution in [0.15, 0.2) is 18.3 Å². The fourth-order valence-electron chi connectivity index (χ4n) is 2.76. The van der Waals surface area contributed by atoms with Gasteiger partial charge in [-0.25, -0.2) is 0 Å². The molecule has 1 fully saturated rings. The van der Waals surface area contributed by atoms with Crippen LogP contribution in [0.5, 0.6) is 0 Å². The number of esters is 1. The van der Waals surface area contributed by atoms with Crippen molar-refractivity contribution in [3.63, 3.8) is 0 Å². The first kappa shape index (κ1) is 14.8. The van der Waals surface area contributed by atoms with Crippen molar-refractivity contribution >= 4 is 11.7 Å². The van der Waals surface area contributed by atoms with E-state index < -0.39 is 0 Å². The molecule has 5 nitrogen and oxygen atoms in total. The first-order valence-electron chi connectivity index (χ1n) is 7.13. The number of aromatic nitrogens is 1. The first-order chi connectivity index (χ1) is 9.63. The molecule has 1 aliphatic rings. The van der Waals surface area contributed by atoms with Gasteiger partial charge in [-0.1, -0.05) is 6.92 Å². The van der Waals surface area contributed by atoms with Gasteiger partial charge in [-0.3, -0.25) is 14.7 Å². The van der Waals surface area contributed by atoms with Crippen LogP contribution in [0.3, 0.4) is 0 Å². The van der Waals surface area contributed by atoms with Crippen molar-refractivity contribution < 1.29 is 9.53 Å². The van der Waals surface area contributed by atoms with Crippen LogP contribution < -0.4 is 5.32 Å². The molecule has 0 saturated carbocycles. The van der Waals surface area contributed by atoms with Gasteiger partial charge in [0.05, 0.1) is 18.7 Å². The zero-order chi connectivity index (χ0) is 14.5. The number of rotatable bonds is 5. The van der Waals surface area contributed by atoms with Gasteiger partial charge in [-0.05, 0) is 25.0 Å². The van der Waals surface area contributed by atoms with Crippen LogP contribution in [0.1, 0.15) is 19.5 Å². The van der Waals surface area contributed by atoms with Gasteiger partial charge in [0.25, 0.3) is 0 Å². The molecular weight excluding hydrogens is 254 g/mol. The molecule has 0 amide bonds. The summed E-state index contributed by atoms with van der Waals surface area (Å²) < 4.78 is 4.86. The molecule has 1 aromatic heterocycles. The molecule has 0 aliphatic carbocycles. The zero-order valence-corrected chi connectivity index (χ0v) is 12.4. The molecule has 2 rings (SSSR count). The van der Waals surface area contributed by atoms with Crippen LogP contribution in [0.25, 0.3) is 0 Å². The Kier molecular flexibility index (Phi) is 4.95. The second-order valence-electron chi connectivity index (χ2n) is 5.37. The first-order valence-corrected chi connectivity index (χ1v) is 7.13. The Bertz CT molecular complexity index is 464. The highest BCUT2D eigenvalue weighted by molar-refractivity contribution is 5.73. The Morgan fingerprint density at radius 3 is 3.05 bits per heavy atom. The highest BCUT2D eigenvalue weighted by Gasteiger charge is 2.35. The van der Waals surface area contributed by atoms with Gasteiger partial charge in [0.2, 0.25) is 0 Å². The summed E-state index contributed by atoms with van der Waals surface area (Å²) in [6.45, 7) is 7.51. The lowest BCUT2D eigenvalue weighted by atomic mass is 9.99. The summed E-state index contributed by atoms with van der Waals surface area (Å²) in [7, 11) is 1.46. The summed E-state index contributed by atoms with van der Waals surface area (Å²) >= 11 is 0. The fourth-order valence-corrected chi connectivity index (χ4v) is 2.76. The van der Waals surface area contributed by atoms with Crippen molar-refractivity contribution in [3.8, 4) is 0 Å². The van der Waals surface area contributed by atoms with Crippen LogP contribution >= 0.6 is 0 Å². The normalized spacial score (nSPS) is 22.8. The van der Waals surface area contributed by atoms with Crippen LogP contribution in [0.2, 0.25) is 0 Å². The number of methoxy groups -OCH3 is 1. The number of nitrogens with zero attached hydrogens (tertiary/aromatic N) is 2. The van der Waals surface area contributed by atoms with Crippen LogP contribution in [0.4, 0.5) is 5.69 Å². The Labute approximate surface area is 120 Å². The molecule has 0 bridgehead atoms. The number of ether oxygens (including phenoxy) is 1. The zero-order valence-electron chi connectivity index (χ0n) is 12.4. The Morgan fingerprint density at radius 1 is 1.55 bits per heavy atom. The van der Waals surface area contributed by atoms with Gasteiger partial charge in [0, 0.05) is 38.1 Å². The van der Waals surface area contributed by atoms with E-state index in [1.165, 1.54) is 7.11 Å². The molecule has 0 spiro atoms. The minimum absolute atomic E-state index is 0.0167. The van der Waals surface area contributed by atoms with E-state index in [2.05, 4.69) is 35.1 Å². The SMILES string of the molecule is CCNc1ccnc(CN2CC(C)C(C(=O)OC)C2)c1. The predicted molar refractivity (Wildman–Crippen MR) is 78.3 cm³/mol. The van der Waals surface area contributed by atoms with Crippen molar-refractivity contribution in [2.75, 3.05) is 32.1 Å². The van der Waals surface area contributed by atoms with Crippen LogP contribution in [0, 0.1) is 11.8 Å². The lowest BCUT2D eigenvalue weighted by Gasteiger charge is -2.15. The molecule has 0 radical (unpaired) electrons. The summed E-state index contributed by atoms with van der Waals surface area (Å²) in [4.78, 5) is 18.4. The third-order valence-electron chi connectivity index (χ3n) is 3.77. The summed E-state index contributed by atoms with van der Waals surface area (Å²) in [6.07, 6.45) is 1.82. The molecule has 5 heteroatoms. The van der Waals surface area contributed by atoms with E-state index in [0.29, 0.717) is 5.92 Å². The van der Waals surface area contributed by atoms with Gasteiger partial charge in [-0.2, -0.15) is 0 Å². The van der Waals surface area contributed by atoms with Gasteiger partial charge in [-0.15, -0.1) is 0 Å².